The van der Waals surface area contributed by atoms with Gasteiger partial charge in [0.25, 0.3) is 0 Å². The number of benzene rings is 8. The van der Waals surface area contributed by atoms with Crippen LogP contribution in [0.2, 0.25) is 0 Å². The van der Waals surface area contributed by atoms with Crippen LogP contribution in [0.4, 0.5) is 0 Å². The summed E-state index contributed by atoms with van der Waals surface area (Å²) in [7, 11) is 0. The van der Waals surface area contributed by atoms with Crippen molar-refractivity contribution in [2.45, 2.75) is 107 Å². The van der Waals surface area contributed by atoms with E-state index in [0.29, 0.717) is 0 Å². The summed E-state index contributed by atoms with van der Waals surface area (Å²) in [4.78, 5) is 139. The van der Waals surface area contributed by atoms with Crippen molar-refractivity contribution in [3.63, 3.8) is 0 Å². The van der Waals surface area contributed by atoms with Crippen molar-refractivity contribution in [1.29, 1.82) is 0 Å². The van der Waals surface area contributed by atoms with Gasteiger partial charge in [-0.2, -0.15) is 0 Å². The van der Waals surface area contributed by atoms with E-state index in [0.717, 1.165) is 13.8 Å². The molecule has 0 amide bonds. The molecule has 26 nitrogen and oxygen atoms in total. The summed E-state index contributed by atoms with van der Waals surface area (Å²) in [6.07, 6.45) is -30.0. The molecule has 11 atom stereocenters. The van der Waals surface area contributed by atoms with Crippen LogP contribution < -0.4 is 0 Å². The summed E-state index contributed by atoms with van der Waals surface area (Å²) in [5.41, 5.74) is -0.442. The van der Waals surface area contributed by atoms with Crippen LogP contribution in [-0.2, 0) is 66.4 Å². The molecule has 542 valence electrons. The highest BCUT2D eigenvalue weighted by atomic mass is 16.7. The van der Waals surface area contributed by atoms with E-state index >= 15 is 0 Å². The minimum Gasteiger partial charge on any atom is -0.462 e. The second-order valence-electron chi connectivity index (χ2n) is 22.8. The number of carbonyl (C=O) groups excluding carboxylic acids is 10. The zero-order valence-electron chi connectivity index (χ0n) is 56.0. The van der Waals surface area contributed by atoms with Crippen LogP contribution in [0.1, 0.15) is 116 Å². The van der Waals surface area contributed by atoms with Crippen LogP contribution in [0.15, 0.2) is 243 Å². The lowest BCUT2D eigenvalue weighted by molar-refractivity contribution is -0.275. The smallest absolute Gasteiger partial charge is 0.338 e. The van der Waals surface area contributed by atoms with Gasteiger partial charge in [-0.15, -0.1) is 0 Å². The van der Waals surface area contributed by atoms with Crippen LogP contribution in [0, 0.1) is 0 Å². The number of esters is 10. The van der Waals surface area contributed by atoms with Crippen LogP contribution in [0.25, 0.3) is 0 Å². The molecule has 0 aromatic heterocycles. The zero-order chi connectivity index (χ0) is 74.3. The third-order valence-electron chi connectivity index (χ3n) is 15.4. The van der Waals surface area contributed by atoms with Crippen LogP contribution in [0.5, 0.6) is 0 Å². The van der Waals surface area contributed by atoms with Gasteiger partial charge in [0, 0.05) is 33.1 Å². The number of hydrogen-bond donors (Lipinski definition) is 4. The highest BCUT2D eigenvalue weighted by Crippen LogP contribution is 2.30. The predicted molar refractivity (Wildman–Crippen MR) is 363 cm³/mol. The van der Waals surface area contributed by atoms with E-state index in [1.807, 2.05) is 0 Å². The SMILES string of the molecule is CC(=O)OC(CCOC(O)C(OC(=O)c1ccccc1)C(OC(=O)c1ccccc1)C(CCOC(=O)c1ccccc1)OC(=O)c1ccccc1)C(OC(O)C(OC(=O)c1ccccc1)C(OC(=O)c1ccccc1)C(CCOC(=O)c1ccccc1)OC(=O)c1ccccc1)C(OC(C)=O)C(O)O. The highest BCUT2D eigenvalue weighted by molar-refractivity contribution is 5.93. The Balaban J connectivity index is 1.20. The van der Waals surface area contributed by atoms with Gasteiger partial charge >= 0.3 is 59.7 Å². The van der Waals surface area contributed by atoms with E-state index in [9.17, 15) is 68.4 Å². The molecule has 8 aromatic rings. The average Bonchev–Trinajstić information content (AvgIpc) is 0.811. The zero-order valence-corrected chi connectivity index (χ0v) is 56.0. The molecule has 0 heterocycles. The normalized spacial score (nSPS) is 14.2. The van der Waals surface area contributed by atoms with Gasteiger partial charge < -0.3 is 77.3 Å². The molecule has 0 saturated heterocycles. The van der Waals surface area contributed by atoms with E-state index in [-0.39, 0.29) is 44.5 Å². The summed E-state index contributed by atoms with van der Waals surface area (Å²) in [5, 5.41) is 47.7. The molecular formula is C78H74O26. The van der Waals surface area contributed by atoms with Crippen molar-refractivity contribution < 1.29 is 125 Å². The van der Waals surface area contributed by atoms with Gasteiger partial charge in [0.15, 0.2) is 49.4 Å². The topological polar surface area (TPSA) is 362 Å². The lowest BCUT2D eigenvalue weighted by atomic mass is 10.0. The Labute approximate surface area is 596 Å². The predicted octanol–water partition coefficient (Wildman–Crippen LogP) is 8.44. The first kappa shape index (κ1) is 77.9. The Hall–Kier alpha value is -11.8. The third-order valence-corrected chi connectivity index (χ3v) is 15.4. The molecule has 0 bridgehead atoms. The first-order valence-corrected chi connectivity index (χ1v) is 32.6. The third kappa shape index (κ3) is 23.7. The lowest BCUT2D eigenvalue weighted by Gasteiger charge is -2.39. The molecule has 8 rings (SSSR count). The van der Waals surface area contributed by atoms with Gasteiger partial charge in [0.1, 0.15) is 24.4 Å². The summed E-state index contributed by atoms with van der Waals surface area (Å²) in [6.45, 7) is -0.436. The second kappa shape index (κ2) is 40.0. The van der Waals surface area contributed by atoms with Crippen molar-refractivity contribution >= 4 is 59.7 Å². The Morgan fingerprint density at radius 1 is 0.260 bits per heavy atom. The molecule has 11 unspecified atom stereocenters. The molecule has 0 aliphatic heterocycles. The maximum atomic E-state index is 14.5. The number of hydrogen-bond acceptors (Lipinski definition) is 26. The van der Waals surface area contributed by atoms with Gasteiger partial charge in [-0.1, -0.05) is 146 Å². The fourth-order valence-corrected chi connectivity index (χ4v) is 10.3. The second-order valence-corrected chi connectivity index (χ2v) is 22.8. The van der Waals surface area contributed by atoms with Gasteiger partial charge in [-0.25, -0.2) is 38.4 Å². The molecule has 0 fully saturated rings. The molecule has 104 heavy (non-hydrogen) atoms. The van der Waals surface area contributed by atoms with Crippen molar-refractivity contribution in [3.05, 3.63) is 287 Å². The number of aliphatic hydroxyl groups is 4. The van der Waals surface area contributed by atoms with Crippen molar-refractivity contribution in [3.8, 4) is 0 Å². The van der Waals surface area contributed by atoms with Gasteiger partial charge in [0.05, 0.1) is 64.3 Å². The van der Waals surface area contributed by atoms with Crippen LogP contribution in [-0.4, -0.2) is 174 Å². The van der Waals surface area contributed by atoms with Crippen molar-refractivity contribution in [2.75, 3.05) is 19.8 Å². The molecule has 0 aliphatic rings. The van der Waals surface area contributed by atoms with E-state index in [2.05, 4.69) is 0 Å². The monoisotopic (exact) mass is 1430 g/mol. The van der Waals surface area contributed by atoms with Crippen molar-refractivity contribution in [1.82, 2.24) is 0 Å². The van der Waals surface area contributed by atoms with Crippen LogP contribution >= 0.6 is 0 Å². The molecular weight excluding hydrogens is 1350 g/mol. The maximum Gasteiger partial charge on any atom is 0.338 e. The summed E-state index contributed by atoms with van der Waals surface area (Å²) < 4.78 is 70.9. The Kier molecular flexibility index (Phi) is 30.0. The standard InChI is InChI=1S/C78H74O26/c1-49(79)96-59(43-48-95-77(91)66(103-75(89)57-39-23-9-24-40-57)63(100-73(87)55-35-19-7-20-36-55)60(98-71(85)53-31-15-5-16-32-53)44-46-93-69(83)51-27-11-3-12-28-51)62(65(68(81)82)97-50(2)80)102-78(92)67(104-76(90)58-41-25-10-26-42-58)64(101-74(88)56-37-21-8-22-38-56)61(99-72(86)54-33-17-6-18-34-54)45-47-94-70(84)52-29-13-4-14-30-52/h3-42,59-68,77-78,81-82,91-92H,43-48H2,1-2H3. The van der Waals surface area contributed by atoms with Gasteiger partial charge in [0.2, 0.25) is 0 Å². The quantitative estimate of drug-likeness (QED) is 0.0161. The highest BCUT2D eigenvalue weighted by Gasteiger charge is 2.49. The minimum absolute atomic E-state index is 0.0301. The first-order chi connectivity index (χ1) is 50.2. The molecule has 0 aliphatic carbocycles. The number of aliphatic hydroxyl groups excluding tert-OH is 3. The number of carbonyl (C=O) groups is 10. The Morgan fingerprint density at radius 3 is 0.779 bits per heavy atom. The van der Waals surface area contributed by atoms with Crippen molar-refractivity contribution in [2.24, 2.45) is 0 Å². The fourth-order valence-electron chi connectivity index (χ4n) is 10.3. The molecule has 0 spiro atoms. The summed E-state index contributed by atoms with van der Waals surface area (Å²) >= 11 is 0. The fraction of sp³-hybridized carbons (Fsp3) is 0.256. The minimum atomic E-state index is -2.84. The number of rotatable bonds is 37. The average molecular weight is 1430 g/mol. The van der Waals surface area contributed by atoms with E-state index in [1.165, 1.54) is 170 Å². The molecule has 0 radical (unpaired) electrons. The Morgan fingerprint density at radius 2 is 0.500 bits per heavy atom. The maximum absolute atomic E-state index is 14.5. The summed E-state index contributed by atoms with van der Waals surface area (Å²) in [5.74, 6) is -11.0. The molecule has 8 aromatic carbocycles. The molecule has 4 N–H and O–H groups in total. The summed E-state index contributed by atoms with van der Waals surface area (Å²) in [6, 6.07) is 59.0. The number of ether oxygens (including phenoxy) is 12. The lowest BCUT2D eigenvalue weighted by Crippen LogP contribution is -2.56. The largest absolute Gasteiger partial charge is 0.462 e. The molecule has 0 saturated carbocycles. The molecule has 26 heteroatoms. The van der Waals surface area contributed by atoms with Crippen LogP contribution in [0.3, 0.4) is 0 Å². The van der Waals surface area contributed by atoms with Gasteiger partial charge in [-0.05, 0) is 97.1 Å². The Bertz CT molecular complexity index is 4060. The van der Waals surface area contributed by atoms with E-state index < -0.39 is 173 Å². The van der Waals surface area contributed by atoms with E-state index in [4.69, 9.17) is 56.8 Å². The first-order valence-electron chi connectivity index (χ1n) is 32.6. The van der Waals surface area contributed by atoms with Gasteiger partial charge in [-0.3, -0.25) is 9.59 Å². The van der Waals surface area contributed by atoms with E-state index in [1.54, 1.807) is 72.8 Å².